The standard InChI is InChI=1S/C18H33O3P.Nd/c1-2-3-4-5-6-7-8-9-10-11-12-13-14-15-16-17-18(19)21-22-20;/h9-10H,2-8,11-17H2,1H3;/b10-9-;. The zero-order valence-corrected chi connectivity index (χ0v) is 18.8. The molecule has 0 aromatic heterocycles. The Hall–Kier alpha value is 0.661. The molecule has 0 saturated carbocycles. The second-order valence-electron chi connectivity index (χ2n) is 5.87. The summed E-state index contributed by atoms with van der Waals surface area (Å²) in [6.07, 6.45) is 21.1. The Balaban J connectivity index is 0. The van der Waals surface area contributed by atoms with Gasteiger partial charge in [-0.15, -0.1) is 0 Å². The largest absolute Gasteiger partial charge is 0.398 e. The van der Waals surface area contributed by atoms with Crippen LogP contribution in [0.4, 0.5) is 0 Å². The van der Waals surface area contributed by atoms with Crippen LogP contribution in [0.25, 0.3) is 0 Å². The van der Waals surface area contributed by atoms with Gasteiger partial charge in [-0.3, -0.25) is 4.79 Å². The quantitative estimate of drug-likeness (QED) is 0.141. The van der Waals surface area contributed by atoms with Crippen LogP contribution in [0.2, 0.25) is 0 Å². The van der Waals surface area contributed by atoms with E-state index >= 15 is 0 Å². The van der Waals surface area contributed by atoms with E-state index in [2.05, 4.69) is 23.6 Å². The first-order valence-electron chi connectivity index (χ1n) is 8.98. The van der Waals surface area contributed by atoms with Gasteiger partial charge in [0.1, 0.15) is 0 Å². The van der Waals surface area contributed by atoms with Gasteiger partial charge in [-0.05, 0) is 32.1 Å². The van der Waals surface area contributed by atoms with Crippen LogP contribution in [-0.4, -0.2) is 5.97 Å². The minimum Gasteiger partial charge on any atom is -0.373 e. The van der Waals surface area contributed by atoms with Gasteiger partial charge in [-0.25, -0.2) is 4.57 Å². The predicted octanol–water partition coefficient (Wildman–Crippen LogP) is 6.77. The number of hydrogen-bond acceptors (Lipinski definition) is 3. The summed E-state index contributed by atoms with van der Waals surface area (Å²) >= 11 is 0. The third-order valence-electron chi connectivity index (χ3n) is 3.78. The molecular weight excluding hydrogens is 439 g/mol. The number of carbonyl (C=O) groups excluding carboxylic acids is 1. The molecule has 0 radical (unpaired) electrons. The van der Waals surface area contributed by atoms with Crippen molar-refractivity contribution in [1.82, 2.24) is 0 Å². The van der Waals surface area contributed by atoms with E-state index in [1.165, 1.54) is 64.2 Å². The smallest absolute Gasteiger partial charge is 0.373 e. The molecule has 0 bridgehead atoms. The van der Waals surface area contributed by atoms with Crippen molar-refractivity contribution in [2.45, 2.75) is 96.8 Å². The molecule has 0 saturated heterocycles. The van der Waals surface area contributed by atoms with Crippen molar-refractivity contribution in [3.05, 3.63) is 12.2 Å². The Labute approximate surface area is 177 Å². The van der Waals surface area contributed by atoms with Crippen molar-refractivity contribution in [2.75, 3.05) is 0 Å². The first-order valence-corrected chi connectivity index (χ1v) is 9.71. The molecule has 5 heteroatoms. The summed E-state index contributed by atoms with van der Waals surface area (Å²) in [6.45, 7) is 2.26. The Morgan fingerprint density at radius 3 is 1.83 bits per heavy atom. The van der Waals surface area contributed by atoms with E-state index in [0.29, 0.717) is 6.42 Å². The monoisotopic (exact) mass is 470 g/mol. The van der Waals surface area contributed by atoms with E-state index in [4.69, 9.17) is 0 Å². The first kappa shape index (κ1) is 25.9. The molecule has 0 N–H and O–H groups in total. The fourth-order valence-corrected chi connectivity index (χ4v) is 2.60. The Morgan fingerprint density at radius 1 is 0.826 bits per heavy atom. The van der Waals surface area contributed by atoms with E-state index in [-0.39, 0.29) is 46.8 Å². The maximum atomic E-state index is 10.9. The van der Waals surface area contributed by atoms with Crippen LogP contribution in [0, 0.1) is 40.8 Å². The summed E-state index contributed by atoms with van der Waals surface area (Å²) in [5, 5.41) is 0. The maximum absolute atomic E-state index is 10.9. The summed E-state index contributed by atoms with van der Waals surface area (Å²) < 4.78 is 14.4. The summed E-state index contributed by atoms with van der Waals surface area (Å²) in [5.74, 6) is -0.366. The summed E-state index contributed by atoms with van der Waals surface area (Å²) in [4.78, 5) is 10.9. The Kier molecular flexibility index (Phi) is 25.5. The average molecular weight is 473 g/mol. The second kappa shape index (κ2) is 22.7. The van der Waals surface area contributed by atoms with Crippen molar-refractivity contribution in [1.29, 1.82) is 0 Å². The van der Waals surface area contributed by atoms with Gasteiger partial charge in [0.15, 0.2) is 0 Å². The molecule has 0 aromatic rings. The van der Waals surface area contributed by atoms with Crippen LogP contribution < -0.4 is 0 Å². The van der Waals surface area contributed by atoms with Crippen LogP contribution in [0.15, 0.2) is 12.2 Å². The van der Waals surface area contributed by atoms with Crippen molar-refractivity contribution in [2.24, 2.45) is 0 Å². The van der Waals surface area contributed by atoms with E-state index < -0.39 is 8.69 Å². The van der Waals surface area contributed by atoms with Crippen LogP contribution in [0.1, 0.15) is 96.8 Å². The van der Waals surface area contributed by atoms with Gasteiger partial charge >= 0.3 is 14.7 Å². The molecule has 132 valence electrons. The van der Waals surface area contributed by atoms with Crippen LogP contribution in [0.3, 0.4) is 0 Å². The minimum absolute atomic E-state index is 0. The molecule has 0 heterocycles. The van der Waals surface area contributed by atoms with Gasteiger partial charge in [0.05, 0.1) is 0 Å². The molecule has 23 heavy (non-hydrogen) atoms. The fourth-order valence-electron chi connectivity index (χ4n) is 2.43. The van der Waals surface area contributed by atoms with Gasteiger partial charge in [-0.2, -0.15) is 0 Å². The summed E-state index contributed by atoms with van der Waals surface area (Å²) in [7, 11) is -0.534. The molecule has 0 amide bonds. The molecule has 0 aliphatic rings. The average Bonchev–Trinajstić information content (AvgIpc) is 2.51. The Morgan fingerprint density at radius 2 is 1.30 bits per heavy atom. The Bertz CT molecular complexity index is 296. The molecular formula is C18H33NdO3P. The molecule has 0 atom stereocenters. The molecule has 0 rings (SSSR count). The summed E-state index contributed by atoms with van der Waals surface area (Å²) in [6, 6.07) is 0. The molecule has 0 aromatic carbocycles. The maximum Gasteiger partial charge on any atom is 0.398 e. The van der Waals surface area contributed by atoms with E-state index in [1.54, 1.807) is 0 Å². The van der Waals surface area contributed by atoms with Gasteiger partial charge < -0.3 is 4.52 Å². The van der Waals surface area contributed by atoms with Crippen molar-refractivity contribution >= 4 is 14.7 Å². The molecule has 0 aliphatic heterocycles. The topological polar surface area (TPSA) is 43.4 Å². The molecule has 0 aliphatic carbocycles. The SMILES string of the molecule is CCCCCCCC/C=C\CCCCCCCC(=O)OP=O.[Nd]. The van der Waals surface area contributed by atoms with Gasteiger partial charge in [0.2, 0.25) is 0 Å². The van der Waals surface area contributed by atoms with E-state index in [1.807, 2.05) is 0 Å². The zero-order chi connectivity index (χ0) is 16.3. The number of allylic oxidation sites excluding steroid dienone is 2. The predicted molar refractivity (Wildman–Crippen MR) is 93.2 cm³/mol. The summed E-state index contributed by atoms with van der Waals surface area (Å²) in [5.41, 5.74) is 0. The molecule has 0 fully saturated rings. The van der Waals surface area contributed by atoms with E-state index in [0.717, 1.165) is 19.3 Å². The van der Waals surface area contributed by atoms with Crippen LogP contribution >= 0.6 is 8.69 Å². The number of unbranched alkanes of at least 4 members (excludes halogenated alkanes) is 11. The normalized spacial score (nSPS) is 10.8. The fraction of sp³-hybridized carbons (Fsp3) is 0.833. The van der Waals surface area contributed by atoms with Gasteiger partial charge in [0.25, 0.3) is 0 Å². The number of carbonyl (C=O) groups is 1. The molecule has 3 nitrogen and oxygen atoms in total. The van der Waals surface area contributed by atoms with Gasteiger partial charge in [0, 0.05) is 47.3 Å². The molecule has 0 spiro atoms. The third kappa shape index (κ3) is 22.7. The second-order valence-corrected chi connectivity index (χ2v) is 6.20. The number of hydrogen-bond donors (Lipinski definition) is 0. The van der Waals surface area contributed by atoms with Crippen LogP contribution in [0.5, 0.6) is 0 Å². The van der Waals surface area contributed by atoms with Crippen molar-refractivity contribution < 1.29 is 54.7 Å². The van der Waals surface area contributed by atoms with E-state index in [9.17, 15) is 9.36 Å². The van der Waals surface area contributed by atoms with Crippen LogP contribution in [-0.2, 0) is 13.9 Å². The third-order valence-corrected chi connectivity index (χ3v) is 4.06. The van der Waals surface area contributed by atoms with Crippen molar-refractivity contribution in [3.8, 4) is 0 Å². The zero-order valence-electron chi connectivity index (χ0n) is 14.7. The molecule has 0 unspecified atom stereocenters. The van der Waals surface area contributed by atoms with Crippen molar-refractivity contribution in [3.63, 3.8) is 0 Å². The first-order chi connectivity index (χ1) is 10.8. The van der Waals surface area contributed by atoms with Gasteiger partial charge in [-0.1, -0.05) is 70.4 Å². The minimum atomic E-state index is -0.534. The number of rotatable bonds is 16.